The lowest BCUT2D eigenvalue weighted by Gasteiger charge is -2.63. The number of halogens is 1. The van der Waals surface area contributed by atoms with E-state index in [1.54, 1.807) is 48.7 Å². The highest BCUT2D eigenvalue weighted by Crippen LogP contribution is 2.55. The number of aromatic nitrogens is 1. The maximum Gasteiger partial charge on any atom is 0.328 e. The number of rotatable bonds is 13. The molecule has 1 aliphatic carbocycles. The summed E-state index contributed by atoms with van der Waals surface area (Å²) in [5.41, 5.74) is 2.46. The first-order valence-electron chi connectivity index (χ1n) is 17.4. The number of nitriles is 1. The average Bonchev–Trinajstić information content (AvgIpc) is 3.13. The molecule has 13 heteroatoms. The summed E-state index contributed by atoms with van der Waals surface area (Å²) in [4.78, 5) is 43.1. The van der Waals surface area contributed by atoms with Crippen LogP contribution in [0.25, 0.3) is 10.9 Å². The third-order valence-electron chi connectivity index (χ3n) is 9.97. The van der Waals surface area contributed by atoms with Crippen LogP contribution in [0.15, 0.2) is 66.9 Å². The van der Waals surface area contributed by atoms with Crippen molar-refractivity contribution in [1.29, 1.82) is 5.26 Å². The molecule has 0 radical (unpaired) electrons. The molecule has 1 aromatic heterocycles. The minimum Gasteiger partial charge on any atom is -0.491 e. The Kier molecular flexibility index (Phi) is 10.8. The Morgan fingerprint density at radius 1 is 0.962 bits per heavy atom. The standard InChI is InChI=1S/C40H42ClN5O7/c1-24-30-13-12-28(21-32(30)43-23-33(24)46-15-14-34(47)44-38(46)49)52-19-17-50-16-18-51-27-9-6-25(7-10-27)35(48)45-36-39(2,3)37(40(36,4)5)53-29-11-8-26(22-42)31(41)20-29/h6-13,20-21,23,36-37H,14-19H2,1-5H3,(H,45,48)(H,44,47,49)/t36-,37-. The Bertz CT molecular complexity index is 2060. The zero-order valence-corrected chi connectivity index (χ0v) is 31.1. The molecular formula is C40H42ClN5O7. The van der Waals surface area contributed by atoms with Crippen LogP contribution in [0, 0.1) is 29.1 Å². The molecule has 12 nitrogen and oxygen atoms in total. The maximum absolute atomic E-state index is 13.3. The lowest BCUT2D eigenvalue weighted by atomic mass is 9.49. The number of nitrogens with zero attached hydrogens (tertiary/aromatic N) is 3. The van der Waals surface area contributed by atoms with E-state index in [9.17, 15) is 14.4 Å². The lowest BCUT2D eigenvalue weighted by Crippen LogP contribution is -2.74. The van der Waals surface area contributed by atoms with Gasteiger partial charge in [0.15, 0.2) is 0 Å². The molecule has 0 unspecified atom stereocenters. The molecule has 2 heterocycles. The van der Waals surface area contributed by atoms with E-state index in [1.807, 2.05) is 25.1 Å². The third kappa shape index (κ3) is 7.87. The summed E-state index contributed by atoms with van der Waals surface area (Å²) in [5.74, 6) is 1.39. The van der Waals surface area contributed by atoms with Crippen molar-refractivity contribution in [3.05, 3.63) is 88.6 Å². The summed E-state index contributed by atoms with van der Waals surface area (Å²) in [6.07, 6.45) is 1.69. The van der Waals surface area contributed by atoms with Crippen molar-refractivity contribution in [2.45, 2.75) is 53.2 Å². The number of carbonyl (C=O) groups is 3. The molecule has 1 saturated carbocycles. The number of fused-ring (bicyclic) bond motifs is 1. The molecule has 0 bridgehead atoms. The number of anilines is 1. The molecular weight excluding hydrogens is 698 g/mol. The molecule has 53 heavy (non-hydrogen) atoms. The van der Waals surface area contributed by atoms with Crippen LogP contribution in [0.1, 0.15) is 55.6 Å². The van der Waals surface area contributed by atoms with Gasteiger partial charge >= 0.3 is 6.03 Å². The number of hydrogen-bond donors (Lipinski definition) is 2. The van der Waals surface area contributed by atoms with Crippen LogP contribution in [-0.4, -0.2) is 67.9 Å². The molecule has 4 amide bonds. The fourth-order valence-electron chi connectivity index (χ4n) is 7.51. The molecule has 2 aliphatic rings. The summed E-state index contributed by atoms with van der Waals surface area (Å²) in [5, 5.41) is 15.9. The van der Waals surface area contributed by atoms with Crippen molar-refractivity contribution in [3.8, 4) is 23.3 Å². The van der Waals surface area contributed by atoms with Gasteiger partial charge < -0.3 is 24.3 Å². The van der Waals surface area contributed by atoms with Gasteiger partial charge in [0.25, 0.3) is 5.91 Å². The van der Waals surface area contributed by atoms with Gasteiger partial charge in [0, 0.05) is 52.9 Å². The number of pyridine rings is 1. The Morgan fingerprint density at radius 3 is 2.28 bits per heavy atom. The van der Waals surface area contributed by atoms with Gasteiger partial charge in [0.2, 0.25) is 5.91 Å². The topological polar surface area (TPSA) is 152 Å². The van der Waals surface area contributed by atoms with Crippen LogP contribution in [0.4, 0.5) is 10.5 Å². The van der Waals surface area contributed by atoms with Crippen molar-refractivity contribution in [2.24, 2.45) is 10.8 Å². The Labute approximate surface area is 313 Å². The third-order valence-corrected chi connectivity index (χ3v) is 10.3. The Morgan fingerprint density at radius 2 is 1.62 bits per heavy atom. The number of ether oxygens (including phenoxy) is 4. The van der Waals surface area contributed by atoms with Gasteiger partial charge in [0.1, 0.15) is 42.6 Å². The first kappa shape index (κ1) is 37.4. The highest BCUT2D eigenvalue weighted by atomic mass is 35.5. The van der Waals surface area contributed by atoms with Crippen molar-refractivity contribution in [3.63, 3.8) is 0 Å². The molecule has 1 aliphatic heterocycles. The molecule has 276 valence electrons. The van der Waals surface area contributed by atoms with Crippen LogP contribution in [-0.2, 0) is 9.53 Å². The summed E-state index contributed by atoms with van der Waals surface area (Å²) in [6.45, 7) is 11.9. The van der Waals surface area contributed by atoms with E-state index in [1.165, 1.54) is 4.90 Å². The molecule has 1 saturated heterocycles. The van der Waals surface area contributed by atoms with Gasteiger partial charge in [-0.15, -0.1) is 0 Å². The van der Waals surface area contributed by atoms with E-state index in [2.05, 4.69) is 49.4 Å². The molecule has 2 fully saturated rings. The van der Waals surface area contributed by atoms with Crippen molar-refractivity contribution < 1.29 is 33.3 Å². The zero-order valence-electron chi connectivity index (χ0n) is 30.3. The summed E-state index contributed by atoms with van der Waals surface area (Å²) in [6, 6.07) is 19.1. The smallest absolute Gasteiger partial charge is 0.328 e. The second-order valence-electron chi connectivity index (χ2n) is 14.3. The monoisotopic (exact) mass is 739 g/mol. The van der Waals surface area contributed by atoms with Crippen molar-refractivity contribution in [2.75, 3.05) is 37.9 Å². The fraction of sp³-hybridized carbons (Fsp3) is 0.375. The molecule has 0 atom stereocenters. The molecule has 6 rings (SSSR count). The SMILES string of the molecule is Cc1c(N2CCC(=O)NC2=O)cnc2cc(OCCOCCOc3ccc(C(=O)N[C@H]4C(C)(C)[C@H](Oc5ccc(C#N)c(Cl)c5)C4(C)C)cc3)ccc12. The van der Waals surface area contributed by atoms with Gasteiger partial charge in [0.05, 0.1) is 41.2 Å². The minimum absolute atomic E-state index is 0.154. The Hall–Kier alpha value is -5.38. The Balaban J connectivity index is 0.914. The first-order chi connectivity index (χ1) is 25.3. The second kappa shape index (κ2) is 15.3. The lowest BCUT2D eigenvalue weighted by molar-refractivity contribution is -0.164. The van der Waals surface area contributed by atoms with Crippen molar-refractivity contribution >= 4 is 46.0 Å². The first-order valence-corrected chi connectivity index (χ1v) is 17.8. The number of urea groups is 1. The number of aryl methyl sites for hydroxylation is 1. The highest BCUT2D eigenvalue weighted by molar-refractivity contribution is 6.31. The van der Waals surface area contributed by atoms with E-state index >= 15 is 0 Å². The van der Waals surface area contributed by atoms with Crippen LogP contribution in [0.2, 0.25) is 5.02 Å². The van der Waals surface area contributed by atoms with Crippen LogP contribution < -0.4 is 29.7 Å². The van der Waals surface area contributed by atoms with Crippen molar-refractivity contribution in [1.82, 2.24) is 15.6 Å². The summed E-state index contributed by atoms with van der Waals surface area (Å²) >= 11 is 6.21. The van der Waals surface area contributed by atoms with E-state index < -0.39 is 6.03 Å². The quantitative estimate of drug-likeness (QED) is 0.145. The zero-order chi connectivity index (χ0) is 37.9. The van der Waals surface area contributed by atoms with E-state index in [0.29, 0.717) is 72.1 Å². The maximum atomic E-state index is 13.3. The minimum atomic E-state index is -0.442. The summed E-state index contributed by atoms with van der Waals surface area (Å²) < 4.78 is 23.7. The van der Waals surface area contributed by atoms with Gasteiger partial charge in [-0.05, 0) is 61.0 Å². The normalized spacial score (nSPS) is 18.8. The van der Waals surface area contributed by atoms with Crippen LogP contribution in [0.5, 0.6) is 17.2 Å². The van der Waals surface area contributed by atoms with Crippen LogP contribution >= 0.6 is 11.6 Å². The fourth-order valence-corrected chi connectivity index (χ4v) is 7.72. The van der Waals surface area contributed by atoms with E-state index in [4.69, 9.17) is 35.8 Å². The number of imide groups is 1. The van der Waals surface area contributed by atoms with Gasteiger partial charge in [-0.2, -0.15) is 5.26 Å². The molecule has 4 aromatic rings. The number of amides is 4. The molecule has 2 N–H and O–H groups in total. The van der Waals surface area contributed by atoms with Crippen LogP contribution in [0.3, 0.4) is 0 Å². The van der Waals surface area contributed by atoms with Gasteiger partial charge in [-0.1, -0.05) is 39.3 Å². The number of hydrogen-bond acceptors (Lipinski definition) is 9. The van der Waals surface area contributed by atoms with Gasteiger partial charge in [-0.3, -0.25) is 24.8 Å². The predicted molar refractivity (Wildman–Crippen MR) is 200 cm³/mol. The van der Waals surface area contributed by atoms with E-state index in [0.717, 1.165) is 16.5 Å². The largest absolute Gasteiger partial charge is 0.491 e. The number of carbonyl (C=O) groups excluding carboxylic acids is 3. The van der Waals surface area contributed by atoms with E-state index in [-0.39, 0.29) is 41.2 Å². The predicted octanol–water partition coefficient (Wildman–Crippen LogP) is 6.60. The second-order valence-corrected chi connectivity index (χ2v) is 14.7. The summed E-state index contributed by atoms with van der Waals surface area (Å²) in [7, 11) is 0. The van der Waals surface area contributed by atoms with Gasteiger partial charge in [-0.25, -0.2) is 4.79 Å². The molecule has 0 spiro atoms. The molecule has 3 aromatic carbocycles. The number of nitrogens with one attached hydrogen (secondary N) is 2. The highest BCUT2D eigenvalue weighted by Gasteiger charge is 2.64. The average molecular weight is 740 g/mol. The number of benzene rings is 3.